The third kappa shape index (κ3) is 1.76. The molecule has 0 saturated heterocycles. The van der Waals surface area contributed by atoms with Crippen molar-refractivity contribution in [2.24, 2.45) is 0 Å². The Hall–Kier alpha value is -2.03. The van der Waals surface area contributed by atoms with Crippen LogP contribution in [0.25, 0.3) is 11.3 Å². The molecule has 1 aromatic carbocycles. The second-order valence-corrected chi connectivity index (χ2v) is 3.25. The summed E-state index contributed by atoms with van der Waals surface area (Å²) in [4.78, 5) is 10.8. The Balaban J connectivity index is 2.48. The molecule has 2 rings (SSSR count). The van der Waals surface area contributed by atoms with Crippen molar-refractivity contribution in [2.45, 2.75) is 6.92 Å². The fourth-order valence-corrected chi connectivity index (χ4v) is 1.44. The van der Waals surface area contributed by atoms with Gasteiger partial charge in [0.2, 0.25) is 0 Å². The predicted octanol–water partition coefficient (Wildman–Crippen LogP) is 2.95. The highest BCUT2D eigenvalue weighted by Gasteiger charge is 2.14. The van der Waals surface area contributed by atoms with Crippen LogP contribution < -0.4 is 0 Å². The Kier molecular flexibility index (Phi) is 2.29. The summed E-state index contributed by atoms with van der Waals surface area (Å²) in [5, 5.41) is 8.87. The van der Waals surface area contributed by atoms with Crippen LogP contribution in [0.5, 0.6) is 0 Å². The van der Waals surface area contributed by atoms with E-state index in [0.29, 0.717) is 11.5 Å². The van der Waals surface area contributed by atoms with Crippen LogP contribution in [0.1, 0.15) is 16.1 Å². The van der Waals surface area contributed by atoms with E-state index >= 15 is 0 Å². The van der Waals surface area contributed by atoms with E-state index in [1.165, 1.54) is 0 Å². The molecule has 0 saturated carbocycles. The van der Waals surface area contributed by atoms with Crippen molar-refractivity contribution in [1.82, 2.24) is 0 Å². The lowest BCUT2D eigenvalue weighted by Crippen LogP contribution is -1.94. The van der Waals surface area contributed by atoms with Crippen molar-refractivity contribution < 1.29 is 14.3 Å². The monoisotopic (exact) mass is 202 g/mol. The fourth-order valence-electron chi connectivity index (χ4n) is 1.44. The zero-order chi connectivity index (χ0) is 10.8. The van der Waals surface area contributed by atoms with E-state index in [1.807, 2.05) is 30.3 Å². The van der Waals surface area contributed by atoms with E-state index in [0.717, 1.165) is 5.56 Å². The molecule has 0 aliphatic rings. The van der Waals surface area contributed by atoms with Crippen LogP contribution in [0, 0.1) is 6.92 Å². The summed E-state index contributed by atoms with van der Waals surface area (Å²) >= 11 is 0. The average molecular weight is 202 g/mol. The fraction of sp³-hybridized carbons (Fsp3) is 0.0833. The topological polar surface area (TPSA) is 50.4 Å². The minimum atomic E-state index is -0.960. The Morgan fingerprint density at radius 3 is 2.47 bits per heavy atom. The molecule has 0 fully saturated rings. The molecule has 76 valence electrons. The highest BCUT2D eigenvalue weighted by Crippen LogP contribution is 2.24. The highest BCUT2D eigenvalue weighted by molar-refractivity contribution is 5.90. The number of furan rings is 1. The number of carboxylic acid groups (broad SMARTS) is 1. The summed E-state index contributed by atoms with van der Waals surface area (Å²) in [5.41, 5.74) is 1.10. The molecule has 0 aliphatic heterocycles. The number of aromatic carboxylic acids is 1. The second-order valence-electron chi connectivity index (χ2n) is 3.25. The van der Waals surface area contributed by atoms with E-state index < -0.39 is 5.97 Å². The second kappa shape index (κ2) is 3.61. The van der Waals surface area contributed by atoms with E-state index in [4.69, 9.17) is 9.52 Å². The molecule has 0 atom stereocenters. The largest absolute Gasteiger partial charge is 0.478 e. The van der Waals surface area contributed by atoms with Gasteiger partial charge in [-0.05, 0) is 13.0 Å². The van der Waals surface area contributed by atoms with Gasteiger partial charge >= 0.3 is 5.97 Å². The van der Waals surface area contributed by atoms with Crippen LogP contribution in [0.4, 0.5) is 0 Å². The van der Waals surface area contributed by atoms with Gasteiger partial charge in [-0.1, -0.05) is 30.3 Å². The Morgan fingerprint density at radius 2 is 1.93 bits per heavy atom. The molecule has 3 heteroatoms. The summed E-state index contributed by atoms with van der Waals surface area (Å²) in [6.07, 6.45) is 0. The van der Waals surface area contributed by atoms with Crippen LogP contribution in [0.3, 0.4) is 0 Å². The van der Waals surface area contributed by atoms with E-state index in [9.17, 15) is 4.79 Å². The van der Waals surface area contributed by atoms with Gasteiger partial charge in [-0.25, -0.2) is 4.79 Å². The SMILES string of the molecule is Cc1oc(-c2ccccc2)cc1C(=O)O. The lowest BCUT2D eigenvalue weighted by Gasteiger charge is -1.93. The van der Waals surface area contributed by atoms with Crippen molar-refractivity contribution in [3.05, 3.63) is 47.7 Å². The highest BCUT2D eigenvalue weighted by atomic mass is 16.4. The van der Waals surface area contributed by atoms with Gasteiger partial charge in [-0.2, -0.15) is 0 Å². The number of benzene rings is 1. The number of carbonyl (C=O) groups is 1. The van der Waals surface area contributed by atoms with Crippen molar-refractivity contribution >= 4 is 5.97 Å². The summed E-state index contributed by atoms with van der Waals surface area (Å²) < 4.78 is 5.38. The molecule has 0 spiro atoms. The van der Waals surface area contributed by atoms with E-state index in [1.54, 1.807) is 13.0 Å². The van der Waals surface area contributed by atoms with Gasteiger partial charge in [0.25, 0.3) is 0 Å². The molecular formula is C12H10O3. The Morgan fingerprint density at radius 1 is 1.27 bits per heavy atom. The third-order valence-electron chi connectivity index (χ3n) is 2.21. The molecule has 3 nitrogen and oxygen atoms in total. The molecule has 1 N–H and O–H groups in total. The van der Waals surface area contributed by atoms with Crippen LogP contribution in [-0.4, -0.2) is 11.1 Å². The van der Waals surface area contributed by atoms with Gasteiger partial charge in [0.05, 0.1) is 0 Å². The maximum atomic E-state index is 10.8. The van der Waals surface area contributed by atoms with Gasteiger partial charge in [0, 0.05) is 5.56 Å². The third-order valence-corrected chi connectivity index (χ3v) is 2.21. The molecule has 0 radical (unpaired) electrons. The smallest absolute Gasteiger partial charge is 0.339 e. The molecule has 0 bridgehead atoms. The molecule has 2 aromatic rings. The molecular weight excluding hydrogens is 192 g/mol. The lowest BCUT2D eigenvalue weighted by molar-refractivity contribution is 0.0695. The molecule has 1 aromatic heterocycles. The first-order valence-electron chi connectivity index (χ1n) is 4.57. The number of hydrogen-bond donors (Lipinski definition) is 1. The molecule has 0 aliphatic carbocycles. The lowest BCUT2D eigenvalue weighted by atomic mass is 10.1. The zero-order valence-corrected chi connectivity index (χ0v) is 8.23. The Bertz CT molecular complexity index is 483. The first kappa shape index (κ1) is 9.52. The van der Waals surface area contributed by atoms with Crippen LogP contribution in [0.15, 0.2) is 40.8 Å². The maximum Gasteiger partial charge on any atom is 0.339 e. The zero-order valence-electron chi connectivity index (χ0n) is 8.23. The number of hydrogen-bond acceptors (Lipinski definition) is 2. The number of carboxylic acids is 1. The summed E-state index contributed by atoms with van der Waals surface area (Å²) in [7, 11) is 0. The minimum Gasteiger partial charge on any atom is -0.478 e. The van der Waals surface area contributed by atoms with Crippen molar-refractivity contribution in [3.8, 4) is 11.3 Å². The minimum absolute atomic E-state index is 0.217. The van der Waals surface area contributed by atoms with Crippen LogP contribution in [-0.2, 0) is 0 Å². The molecule has 0 unspecified atom stereocenters. The van der Waals surface area contributed by atoms with E-state index in [-0.39, 0.29) is 5.56 Å². The quantitative estimate of drug-likeness (QED) is 0.814. The average Bonchev–Trinajstić information content (AvgIpc) is 2.62. The summed E-state index contributed by atoms with van der Waals surface area (Å²) in [6, 6.07) is 11.0. The van der Waals surface area contributed by atoms with Gasteiger partial charge in [-0.15, -0.1) is 0 Å². The summed E-state index contributed by atoms with van der Waals surface area (Å²) in [6.45, 7) is 1.65. The first-order chi connectivity index (χ1) is 7.18. The van der Waals surface area contributed by atoms with Gasteiger partial charge < -0.3 is 9.52 Å². The normalized spacial score (nSPS) is 10.2. The number of aryl methyl sites for hydroxylation is 1. The van der Waals surface area contributed by atoms with Crippen LogP contribution in [0.2, 0.25) is 0 Å². The van der Waals surface area contributed by atoms with Crippen molar-refractivity contribution in [2.75, 3.05) is 0 Å². The van der Waals surface area contributed by atoms with Gasteiger partial charge in [0.15, 0.2) is 0 Å². The Labute approximate surface area is 87.0 Å². The van der Waals surface area contributed by atoms with Crippen molar-refractivity contribution in [3.63, 3.8) is 0 Å². The van der Waals surface area contributed by atoms with Gasteiger partial charge in [0.1, 0.15) is 17.1 Å². The van der Waals surface area contributed by atoms with Gasteiger partial charge in [-0.3, -0.25) is 0 Å². The first-order valence-corrected chi connectivity index (χ1v) is 4.57. The van der Waals surface area contributed by atoms with Crippen LogP contribution >= 0.6 is 0 Å². The number of rotatable bonds is 2. The maximum absolute atomic E-state index is 10.8. The predicted molar refractivity (Wildman–Crippen MR) is 55.8 cm³/mol. The van der Waals surface area contributed by atoms with Crippen molar-refractivity contribution in [1.29, 1.82) is 0 Å². The molecule has 1 heterocycles. The standard InChI is InChI=1S/C12H10O3/c1-8-10(12(13)14)7-11(15-8)9-5-3-2-4-6-9/h2-7H,1H3,(H,13,14). The summed E-state index contributed by atoms with van der Waals surface area (Å²) in [5.74, 6) is 0.0604. The molecule has 15 heavy (non-hydrogen) atoms. The van der Waals surface area contributed by atoms with E-state index in [2.05, 4.69) is 0 Å². The molecule has 0 amide bonds.